The third-order valence-electron chi connectivity index (χ3n) is 2.94. The molecule has 0 rings (SSSR count). The fraction of sp³-hybridized carbons (Fsp3) is 0.917. The van der Waals surface area contributed by atoms with E-state index in [4.69, 9.17) is 0 Å². The van der Waals surface area contributed by atoms with Crippen molar-refractivity contribution < 1.29 is 4.79 Å². The van der Waals surface area contributed by atoms with Crippen LogP contribution in [0.5, 0.6) is 0 Å². The zero-order valence-electron chi connectivity index (χ0n) is 10.3. The standard InChI is InChI=1S/C12H25NO/c1-6-10(7-2)9-11(14)12(4,5)13-8-3/h10,13H,6-9H2,1-5H3. The van der Waals surface area contributed by atoms with E-state index in [-0.39, 0.29) is 5.54 Å². The minimum absolute atomic E-state index is 0.341. The van der Waals surface area contributed by atoms with E-state index in [1.165, 1.54) is 0 Å². The van der Waals surface area contributed by atoms with Gasteiger partial charge in [0.05, 0.1) is 5.54 Å². The summed E-state index contributed by atoms with van der Waals surface area (Å²) in [5.74, 6) is 0.897. The molecule has 0 aromatic carbocycles. The molecule has 0 aromatic rings. The van der Waals surface area contributed by atoms with Gasteiger partial charge < -0.3 is 5.32 Å². The van der Waals surface area contributed by atoms with Gasteiger partial charge in [-0.2, -0.15) is 0 Å². The Labute approximate surface area is 88.5 Å². The summed E-state index contributed by atoms with van der Waals surface area (Å²) in [5, 5.41) is 3.23. The molecule has 0 radical (unpaired) electrons. The van der Waals surface area contributed by atoms with Crippen molar-refractivity contribution in [2.24, 2.45) is 5.92 Å². The molecule has 84 valence electrons. The van der Waals surface area contributed by atoms with Crippen LogP contribution in [0.2, 0.25) is 0 Å². The summed E-state index contributed by atoms with van der Waals surface area (Å²) in [6.07, 6.45) is 2.92. The highest BCUT2D eigenvalue weighted by molar-refractivity contribution is 5.87. The average Bonchev–Trinajstić information content (AvgIpc) is 2.13. The Bertz CT molecular complexity index is 171. The van der Waals surface area contributed by atoms with Crippen LogP contribution >= 0.6 is 0 Å². The normalized spacial score (nSPS) is 12.1. The largest absolute Gasteiger partial charge is 0.306 e. The lowest BCUT2D eigenvalue weighted by molar-refractivity contribution is -0.125. The third-order valence-corrected chi connectivity index (χ3v) is 2.94. The summed E-state index contributed by atoms with van der Waals surface area (Å²) in [5.41, 5.74) is -0.350. The molecule has 0 fully saturated rings. The molecule has 0 unspecified atom stereocenters. The first-order valence-corrected chi connectivity index (χ1v) is 5.76. The van der Waals surface area contributed by atoms with E-state index in [0.717, 1.165) is 19.4 Å². The molecule has 0 aliphatic carbocycles. The van der Waals surface area contributed by atoms with Gasteiger partial charge in [-0.05, 0) is 26.3 Å². The van der Waals surface area contributed by atoms with E-state index in [1.54, 1.807) is 0 Å². The highest BCUT2D eigenvalue weighted by atomic mass is 16.1. The number of hydrogen-bond donors (Lipinski definition) is 1. The Hall–Kier alpha value is -0.370. The smallest absolute Gasteiger partial charge is 0.152 e. The van der Waals surface area contributed by atoms with Crippen LogP contribution in [0.3, 0.4) is 0 Å². The molecule has 0 atom stereocenters. The molecule has 0 bridgehead atoms. The summed E-state index contributed by atoms with van der Waals surface area (Å²) in [7, 11) is 0. The molecule has 0 aromatic heterocycles. The second-order valence-corrected chi connectivity index (χ2v) is 4.47. The van der Waals surface area contributed by atoms with Crippen LogP contribution in [0, 0.1) is 5.92 Å². The topological polar surface area (TPSA) is 29.1 Å². The second kappa shape index (κ2) is 6.18. The zero-order chi connectivity index (χ0) is 11.2. The lowest BCUT2D eigenvalue weighted by Gasteiger charge is -2.26. The number of carbonyl (C=O) groups is 1. The minimum Gasteiger partial charge on any atom is -0.306 e. The molecule has 0 saturated carbocycles. The summed E-state index contributed by atoms with van der Waals surface area (Å²) >= 11 is 0. The van der Waals surface area contributed by atoms with Gasteiger partial charge in [-0.15, -0.1) is 0 Å². The predicted molar refractivity (Wildman–Crippen MR) is 61.5 cm³/mol. The van der Waals surface area contributed by atoms with Gasteiger partial charge >= 0.3 is 0 Å². The van der Waals surface area contributed by atoms with E-state index in [1.807, 2.05) is 20.8 Å². The van der Waals surface area contributed by atoms with E-state index in [9.17, 15) is 4.79 Å². The van der Waals surface area contributed by atoms with Crippen LogP contribution in [0.1, 0.15) is 53.9 Å². The van der Waals surface area contributed by atoms with Gasteiger partial charge in [0.15, 0.2) is 5.78 Å². The lowest BCUT2D eigenvalue weighted by atomic mass is 9.88. The van der Waals surface area contributed by atoms with E-state index >= 15 is 0 Å². The second-order valence-electron chi connectivity index (χ2n) is 4.47. The third kappa shape index (κ3) is 4.23. The number of ketones is 1. The molecular formula is C12H25NO. The fourth-order valence-electron chi connectivity index (χ4n) is 1.64. The molecule has 0 amide bonds. The summed E-state index contributed by atoms with van der Waals surface area (Å²) in [4.78, 5) is 11.9. The van der Waals surface area contributed by atoms with E-state index in [0.29, 0.717) is 18.1 Å². The van der Waals surface area contributed by atoms with Crippen molar-refractivity contribution in [3.8, 4) is 0 Å². The molecule has 0 saturated heterocycles. The van der Waals surface area contributed by atoms with Gasteiger partial charge in [0, 0.05) is 6.42 Å². The van der Waals surface area contributed by atoms with E-state index < -0.39 is 0 Å². The van der Waals surface area contributed by atoms with Crippen LogP contribution in [-0.4, -0.2) is 17.9 Å². The van der Waals surface area contributed by atoms with E-state index in [2.05, 4.69) is 19.2 Å². The maximum absolute atomic E-state index is 11.9. The zero-order valence-corrected chi connectivity index (χ0v) is 10.3. The number of nitrogens with one attached hydrogen (secondary N) is 1. The number of likely N-dealkylation sites (N-methyl/N-ethyl adjacent to an activating group) is 1. The Kier molecular flexibility index (Phi) is 6.01. The molecule has 0 aliphatic heterocycles. The minimum atomic E-state index is -0.350. The molecular weight excluding hydrogens is 174 g/mol. The quantitative estimate of drug-likeness (QED) is 0.683. The Morgan fingerprint density at radius 1 is 1.21 bits per heavy atom. The molecule has 2 heteroatoms. The lowest BCUT2D eigenvalue weighted by Crippen LogP contribution is -2.47. The van der Waals surface area contributed by atoms with Gasteiger partial charge in [0.2, 0.25) is 0 Å². The average molecular weight is 199 g/mol. The number of hydrogen-bond acceptors (Lipinski definition) is 2. The highest BCUT2D eigenvalue weighted by Gasteiger charge is 2.27. The van der Waals surface area contributed by atoms with Gasteiger partial charge in [-0.1, -0.05) is 33.6 Å². The summed E-state index contributed by atoms with van der Waals surface area (Å²) in [6.45, 7) is 11.1. The van der Waals surface area contributed by atoms with Crippen molar-refractivity contribution in [3.05, 3.63) is 0 Å². The summed E-state index contributed by atoms with van der Waals surface area (Å²) in [6, 6.07) is 0. The van der Waals surface area contributed by atoms with Crippen LogP contribution in [-0.2, 0) is 4.79 Å². The maximum atomic E-state index is 11.9. The van der Waals surface area contributed by atoms with Crippen LogP contribution in [0.25, 0.3) is 0 Å². The Morgan fingerprint density at radius 2 is 1.71 bits per heavy atom. The molecule has 14 heavy (non-hydrogen) atoms. The van der Waals surface area contributed by atoms with Crippen molar-refractivity contribution in [3.63, 3.8) is 0 Å². The first-order chi connectivity index (χ1) is 6.47. The predicted octanol–water partition coefficient (Wildman–Crippen LogP) is 2.77. The molecule has 2 nitrogen and oxygen atoms in total. The monoisotopic (exact) mass is 199 g/mol. The summed E-state index contributed by atoms with van der Waals surface area (Å²) < 4.78 is 0. The molecule has 0 spiro atoms. The van der Waals surface area contributed by atoms with Gasteiger partial charge in [0.1, 0.15) is 0 Å². The Balaban J connectivity index is 4.17. The van der Waals surface area contributed by atoms with Crippen molar-refractivity contribution in [2.45, 2.75) is 59.4 Å². The molecule has 0 heterocycles. The first-order valence-electron chi connectivity index (χ1n) is 5.76. The number of carbonyl (C=O) groups excluding carboxylic acids is 1. The maximum Gasteiger partial charge on any atom is 0.152 e. The number of Topliss-reactive ketones (excluding diaryl/α,β-unsaturated/α-hetero) is 1. The molecule has 0 aliphatic rings. The SMILES string of the molecule is CCNC(C)(C)C(=O)CC(CC)CC. The number of rotatable bonds is 7. The van der Waals surface area contributed by atoms with Gasteiger partial charge in [0.25, 0.3) is 0 Å². The van der Waals surface area contributed by atoms with Crippen molar-refractivity contribution >= 4 is 5.78 Å². The van der Waals surface area contributed by atoms with Crippen molar-refractivity contribution in [2.75, 3.05) is 6.54 Å². The van der Waals surface area contributed by atoms with Crippen molar-refractivity contribution in [1.29, 1.82) is 0 Å². The van der Waals surface area contributed by atoms with Gasteiger partial charge in [-0.3, -0.25) is 4.79 Å². The van der Waals surface area contributed by atoms with Gasteiger partial charge in [-0.25, -0.2) is 0 Å². The van der Waals surface area contributed by atoms with Crippen molar-refractivity contribution in [1.82, 2.24) is 5.32 Å². The Morgan fingerprint density at radius 3 is 2.07 bits per heavy atom. The van der Waals surface area contributed by atoms with Crippen LogP contribution in [0.15, 0.2) is 0 Å². The fourth-order valence-corrected chi connectivity index (χ4v) is 1.64. The molecule has 1 N–H and O–H groups in total. The van der Waals surface area contributed by atoms with Crippen LogP contribution in [0.4, 0.5) is 0 Å². The highest BCUT2D eigenvalue weighted by Crippen LogP contribution is 2.17. The van der Waals surface area contributed by atoms with Crippen LogP contribution < -0.4 is 5.32 Å². The first kappa shape index (κ1) is 13.6.